The molecule has 3 heterocycles. The Labute approximate surface area is 258 Å². The maximum absolute atomic E-state index is 15.5. The van der Waals surface area contributed by atoms with Crippen LogP contribution < -0.4 is 15.0 Å². The molecule has 0 aliphatic carbocycles. The number of hydrogen-bond acceptors (Lipinski definition) is 8. The lowest BCUT2D eigenvalue weighted by atomic mass is 10.1. The summed E-state index contributed by atoms with van der Waals surface area (Å²) in [5.41, 5.74) is -0.568. The largest absolute Gasteiger partial charge is 0.496 e. The predicted octanol–water partition coefficient (Wildman–Crippen LogP) is 4.67. The Morgan fingerprint density at radius 2 is 1.89 bits per heavy atom. The first-order chi connectivity index (χ1) is 22.2. The summed E-state index contributed by atoms with van der Waals surface area (Å²) in [7, 11) is 1.45. The van der Waals surface area contributed by atoms with Gasteiger partial charge >= 0.3 is 12.0 Å². The molecule has 0 unspecified atom stereocenters. The van der Waals surface area contributed by atoms with E-state index in [1.165, 1.54) is 30.1 Å². The number of carboxylic acid groups (broad SMARTS) is 1. The number of halogens is 3. The summed E-state index contributed by atoms with van der Waals surface area (Å²) in [6.45, 7) is 0.0536. The quantitative estimate of drug-likeness (QED) is 0.233. The van der Waals surface area contributed by atoms with Crippen LogP contribution in [0, 0.1) is 28.8 Å². The zero-order chi connectivity index (χ0) is 32.5. The first kappa shape index (κ1) is 30.4. The van der Waals surface area contributed by atoms with Gasteiger partial charge in [0.1, 0.15) is 35.2 Å². The molecule has 0 amide bonds. The highest BCUT2D eigenvalue weighted by Crippen LogP contribution is 2.28. The maximum Gasteiger partial charge on any atom is 0.335 e. The zero-order valence-corrected chi connectivity index (χ0v) is 24.2. The summed E-state index contributed by atoms with van der Waals surface area (Å²) in [6.07, 6.45) is 1.64. The number of carbonyl (C=O) groups is 1. The lowest BCUT2D eigenvalue weighted by Gasteiger charge is -2.28. The van der Waals surface area contributed by atoms with Gasteiger partial charge in [-0.2, -0.15) is 10.2 Å². The van der Waals surface area contributed by atoms with Crippen LogP contribution in [0.2, 0.25) is 0 Å². The van der Waals surface area contributed by atoms with Gasteiger partial charge in [0.2, 0.25) is 0 Å². The molecular weight excluding hydrogens is 607 g/mol. The smallest absolute Gasteiger partial charge is 0.335 e. The molecule has 2 aromatic heterocycles. The van der Waals surface area contributed by atoms with Crippen LogP contribution in [-0.2, 0) is 24.4 Å². The number of ether oxygens (including phenoxy) is 3. The van der Waals surface area contributed by atoms with Crippen LogP contribution in [0.5, 0.6) is 11.8 Å². The molecule has 1 fully saturated rings. The van der Waals surface area contributed by atoms with Gasteiger partial charge in [0, 0.05) is 29.5 Å². The van der Waals surface area contributed by atoms with Crippen molar-refractivity contribution in [2.24, 2.45) is 0 Å². The average molecular weight is 632 g/mol. The molecular formula is C32H24F3N5O6. The molecule has 14 heteroatoms. The van der Waals surface area contributed by atoms with E-state index in [4.69, 9.17) is 19.5 Å². The van der Waals surface area contributed by atoms with E-state index in [0.29, 0.717) is 29.9 Å². The summed E-state index contributed by atoms with van der Waals surface area (Å²) in [5.74, 6) is -3.73. The normalized spacial score (nSPS) is 14.1. The highest BCUT2D eigenvalue weighted by molar-refractivity contribution is 5.93. The van der Waals surface area contributed by atoms with Crippen molar-refractivity contribution in [2.75, 3.05) is 13.7 Å². The number of aromatic nitrogens is 4. The van der Waals surface area contributed by atoms with Crippen LogP contribution in [0.3, 0.4) is 0 Å². The van der Waals surface area contributed by atoms with Gasteiger partial charge in [-0.1, -0.05) is 6.07 Å². The van der Waals surface area contributed by atoms with Crippen molar-refractivity contribution in [2.45, 2.75) is 32.2 Å². The zero-order valence-electron chi connectivity index (χ0n) is 24.2. The van der Waals surface area contributed by atoms with Gasteiger partial charge in [0.05, 0.1) is 54.7 Å². The van der Waals surface area contributed by atoms with E-state index in [1.807, 2.05) is 6.07 Å². The maximum atomic E-state index is 15.5. The number of carboxylic acids is 1. The van der Waals surface area contributed by atoms with Crippen LogP contribution in [0.4, 0.5) is 13.2 Å². The van der Waals surface area contributed by atoms with Gasteiger partial charge in [-0.3, -0.25) is 9.48 Å². The Morgan fingerprint density at radius 1 is 1.09 bits per heavy atom. The number of fused-ring (bicyclic) bond motifs is 1. The van der Waals surface area contributed by atoms with E-state index >= 15 is 8.78 Å². The fraction of sp³-hybridized carbons (Fsp3) is 0.219. The first-order valence-corrected chi connectivity index (χ1v) is 14.0. The molecule has 1 aliphatic rings. The molecule has 234 valence electrons. The number of benzene rings is 3. The van der Waals surface area contributed by atoms with Crippen LogP contribution in [-0.4, -0.2) is 50.2 Å². The highest BCUT2D eigenvalue weighted by atomic mass is 19.1. The number of nitriles is 1. The molecule has 6 rings (SSSR count). The minimum Gasteiger partial charge on any atom is -0.496 e. The van der Waals surface area contributed by atoms with E-state index in [0.717, 1.165) is 22.9 Å². The minimum atomic E-state index is -1.39. The summed E-state index contributed by atoms with van der Waals surface area (Å²) < 4.78 is 64.8. The van der Waals surface area contributed by atoms with Crippen molar-refractivity contribution in [3.8, 4) is 29.1 Å². The van der Waals surface area contributed by atoms with Crippen LogP contribution in [0.1, 0.15) is 33.5 Å². The van der Waals surface area contributed by atoms with E-state index in [9.17, 15) is 19.1 Å². The van der Waals surface area contributed by atoms with Crippen molar-refractivity contribution >= 4 is 16.9 Å². The molecule has 3 aromatic carbocycles. The highest BCUT2D eigenvalue weighted by Gasteiger charge is 2.26. The standard InChI is InChI=1S/C32H24F3N5O6/c1-44-28-8-17(13-36)2-3-18(28)16-46-32-37-6-4-26(38-32)22-12-23(33)20(10-24(22)34)14-40-30(41)29-25(35)9-19(31(42)43)11-27(29)39(40)15-21-5-7-45-21/h2-4,6,8-12,21H,5,7,14-16H2,1H3,(H,42,43)/t21-/m0/s1. The van der Waals surface area contributed by atoms with Gasteiger partial charge < -0.3 is 19.3 Å². The molecule has 1 saturated heterocycles. The second kappa shape index (κ2) is 12.4. The summed E-state index contributed by atoms with van der Waals surface area (Å²) >= 11 is 0. The monoisotopic (exact) mass is 631 g/mol. The number of rotatable bonds is 10. The molecule has 0 bridgehead atoms. The minimum absolute atomic E-state index is 0.00235. The number of nitrogens with zero attached hydrogens (tertiary/aromatic N) is 5. The Morgan fingerprint density at radius 3 is 2.59 bits per heavy atom. The average Bonchev–Trinajstić information content (AvgIpc) is 3.29. The number of methoxy groups -OCH3 is 1. The topological polar surface area (TPSA) is 141 Å². The molecule has 0 radical (unpaired) electrons. The third-order valence-corrected chi connectivity index (χ3v) is 7.64. The van der Waals surface area contributed by atoms with Crippen LogP contribution in [0.15, 0.2) is 59.5 Å². The number of aromatic carboxylic acids is 1. The molecule has 5 aromatic rings. The molecule has 11 nitrogen and oxygen atoms in total. The summed E-state index contributed by atoms with van der Waals surface area (Å²) in [6, 6.07) is 11.8. The number of hydrogen-bond donors (Lipinski definition) is 1. The molecule has 46 heavy (non-hydrogen) atoms. The van der Waals surface area contributed by atoms with Crippen molar-refractivity contribution in [1.29, 1.82) is 5.26 Å². The second-order valence-electron chi connectivity index (χ2n) is 10.5. The molecule has 1 aliphatic heterocycles. The molecule has 0 saturated carbocycles. The lowest BCUT2D eigenvalue weighted by Crippen LogP contribution is -2.35. The third kappa shape index (κ3) is 5.75. The predicted molar refractivity (Wildman–Crippen MR) is 156 cm³/mol. The summed E-state index contributed by atoms with van der Waals surface area (Å²) in [4.78, 5) is 33.2. The van der Waals surface area contributed by atoms with Crippen molar-refractivity contribution < 1.29 is 37.3 Å². The van der Waals surface area contributed by atoms with Gasteiger partial charge in [0.15, 0.2) is 0 Å². The van der Waals surface area contributed by atoms with Gasteiger partial charge in [-0.05, 0) is 48.9 Å². The Hall–Kier alpha value is -5.68. The fourth-order valence-corrected chi connectivity index (χ4v) is 5.18. The second-order valence-corrected chi connectivity index (χ2v) is 10.5. The van der Waals surface area contributed by atoms with E-state index in [2.05, 4.69) is 9.97 Å². The van der Waals surface area contributed by atoms with Gasteiger partial charge in [-0.15, -0.1) is 0 Å². The van der Waals surface area contributed by atoms with Crippen molar-refractivity contribution in [3.63, 3.8) is 0 Å². The van der Waals surface area contributed by atoms with Gasteiger partial charge in [0.25, 0.3) is 5.56 Å². The van der Waals surface area contributed by atoms with Gasteiger partial charge in [-0.25, -0.2) is 27.6 Å². The Balaban J connectivity index is 1.30. The fourth-order valence-electron chi connectivity index (χ4n) is 5.18. The van der Waals surface area contributed by atoms with Crippen molar-refractivity contribution in [3.05, 3.63) is 105 Å². The van der Waals surface area contributed by atoms with E-state index < -0.39 is 35.5 Å². The van der Waals surface area contributed by atoms with Crippen molar-refractivity contribution in [1.82, 2.24) is 19.3 Å². The molecule has 0 spiro atoms. The Kier molecular flexibility index (Phi) is 8.16. The summed E-state index contributed by atoms with van der Waals surface area (Å²) in [5, 5.41) is 18.2. The SMILES string of the molecule is COc1cc(C#N)ccc1COc1nccc(-c2cc(F)c(Cn3c(=O)c4c(F)cc(C(=O)O)cc4n3C[C@@H]3CCO3)cc2F)n1. The third-order valence-electron chi connectivity index (χ3n) is 7.64. The molecule has 1 atom stereocenters. The van der Waals surface area contributed by atoms with Crippen LogP contribution in [0.25, 0.3) is 22.2 Å². The van der Waals surface area contributed by atoms with Crippen LogP contribution >= 0.6 is 0 Å². The lowest BCUT2D eigenvalue weighted by molar-refractivity contribution is -0.0618. The van der Waals surface area contributed by atoms with E-state index in [-0.39, 0.29) is 58.6 Å². The molecule has 1 N–H and O–H groups in total. The first-order valence-electron chi connectivity index (χ1n) is 14.0. The van der Waals surface area contributed by atoms with E-state index in [1.54, 1.807) is 18.2 Å². The Bertz CT molecular complexity index is 2100.